The Morgan fingerprint density at radius 1 is 0.960 bits per heavy atom. The van der Waals surface area contributed by atoms with Gasteiger partial charge in [-0.1, -0.05) is 30.3 Å². The molecule has 0 atom stereocenters. The summed E-state index contributed by atoms with van der Waals surface area (Å²) in [6.07, 6.45) is 2.62. The highest BCUT2D eigenvalue weighted by Gasteiger charge is 2.17. The van der Waals surface area contributed by atoms with E-state index in [1.165, 1.54) is 0 Å². The van der Waals surface area contributed by atoms with Crippen LogP contribution < -0.4 is 10.6 Å². The van der Waals surface area contributed by atoms with Crippen LogP contribution in [-0.2, 0) is 11.2 Å². The Labute approximate surface area is 148 Å². The van der Waals surface area contributed by atoms with E-state index in [1.54, 1.807) is 0 Å². The first-order chi connectivity index (χ1) is 12.1. The SMILES string of the molecule is Cc1ccccc1NC(=O)Nc1ccc(CC(=O)N2CCCC2)cc1. The molecular formula is C20H23N3O2. The lowest BCUT2D eigenvalue weighted by molar-refractivity contribution is -0.129. The summed E-state index contributed by atoms with van der Waals surface area (Å²) in [6.45, 7) is 3.69. The highest BCUT2D eigenvalue weighted by Crippen LogP contribution is 2.16. The third-order valence-corrected chi connectivity index (χ3v) is 4.42. The molecule has 2 aromatic rings. The third-order valence-electron chi connectivity index (χ3n) is 4.42. The molecule has 0 bridgehead atoms. The van der Waals surface area contributed by atoms with Gasteiger partial charge in [-0.3, -0.25) is 4.79 Å². The second-order valence-electron chi connectivity index (χ2n) is 6.36. The van der Waals surface area contributed by atoms with E-state index in [0.29, 0.717) is 12.1 Å². The Balaban J connectivity index is 1.54. The average molecular weight is 337 g/mol. The van der Waals surface area contributed by atoms with Crippen molar-refractivity contribution in [3.8, 4) is 0 Å². The Hall–Kier alpha value is -2.82. The molecule has 0 radical (unpaired) electrons. The third kappa shape index (κ3) is 4.59. The molecule has 5 nitrogen and oxygen atoms in total. The van der Waals surface area contributed by atoms with E-state index in [2.05, 4.69) is 10.6 Å². The van der Waals surface area contributed by atoms with Gasteiger partial charge in [0.15, 0.2) is 0 Å². The van der Waals surface area contributed by atoms with Crippen molar-refractivity contribution in [2.75, 3.05) is 23.7 Å². The highest BCUT2D eigenvalue weighted by molar-refractivity contribution is 6.00. The van der Waals surface area contributed by atoms with Crippen molar-refractivity contribution in [1.82, 2.24) is 4.90 Å². The number of carbonyl (C=O) groups is 2. The number of para-hydroxylation sites is 1. The molecule has 2 N–H and O–H groups in total. The molecule has 3 rings (SSSR count). The van der Waals surface area contributed by atoms with Gasteiger partial charge in [-0.25, -0.2) is 4.79 Å². The largest absolute Gasteiger partial charge is 0.342 e. The van der Waals surface area contributed by atoms with E-state index in [-0.39, 0.29) is 11.9 Å². The number of nitrogens with zero attached hydrogens (tertiary/aromatic N) is 1. The van der Waals surface area contributed by atoms with Crippen molar-refractivity contribution in [3.63, 3.8) is 0 Å². The van der Waals surface area contributed by atoms with Gasteiger partial charge >= 0.3 is 6.03 Å². The molecule has 0 aliphatic carbocycles. The highest BCUT2D eigenvalue weighted by atomic mass is 16.2. The summed E-state index contributed by atoms with van der Waals surface area (Å²) in [4.78, 5) is 26.2. The van der Waals surface area contributed by atoms with Crippen molar-refractivity contribution in [2.45, 2.75) is 26.2 Å². The molecule has 0 aromatic heterocycles. The average Bonchev–Trinajstić information content (AvgIpc) is 3.13. The lowest BCUT2D eigenvalue weighted by Crippen LogP contribution is -2.29. The first kappa shape index (κ1) is 17.0. The van der Waals surface area contributed by atoms with E-state index >= 15 is 0 Å². The monoisotopic (exact) mass is 337 g/mol. The summed E-state index contributed by atoms with van der Waals surface area (Å²) in [6, 6.07) is 14.8. The zero-order valence-electron chi connectivity index (χ0n) is 14.4. The van der Waals surface area contributed by atoms with Crippen molar-refractivity contribution >= 4 is 23.3 Å². The number of benzene rings is 2. The van der Waals surface area contributed by atoms with Gasteiger partial charge in [-0.05, 0) is 49.1 Å². The van der Waals surface area contributed by atoms with Gasteiger partial charge in [0.1, 0.15) is 0 Å². The summed E-state index contributed by atoms with van der Waals surface area (Å²) in [5.74, 6) is 0.176. The summed E-state index contributed by atoms with van der Waals surface area (Å²) < 4.78 is 0. The van der Waals surface area contributed by atoms with E-state index in [4.69, 9.17) is 0 Å². The Morgan fingerprint density at radius 2 is 1.64 bits per heavy atom. The van der Waals surface area contributed by atoms with Gasteiger partial charge in [0, 0.05) is 24.5 Å². The van der Waals surface area contributed by atoms with Crippen LogP contribution in [0.3, 0.4) is 0 Å². The number of likely N-dealkylation sites (tertiary alicyclic amines) is 1. The minimum absolute atomic E-state index is 0.176. The minimum atomic E-state index is -0.282. The smallest absolute Gasteiger partial charge is 0.323 e. The second-order valence-corrected chi connectivity index (χ2v) is 6.36. The predicted octanol–water partition coefficient (Wildman–Crippen LogP) is 3.80. The van der Waals surface area contributed by atoms with Crippen LogP contribution in [0.25, 0.3) is 0 Å². The predicted molar refractivity (Wildman–Crippen MR) is 99.8 cm³/mol. The van der Waals surface area contributed by atoms with Gasteiger partial charge in [0.05, 0.1) is 6.42 Å². The van der Waals surface area contributed by atoms with E-state index < -0.39 is 0 Å². The van der Waals surface area contributed by atoms with Crippen LogP contribution in [0, 0.1) is 6.92 Å². The number of amides is 3. The van der Waals surface area contributed by atoms with Crippen molar-refractivity contribution in [2.24, 2.45) is 0 Å². The maximum absolute atomic E-state index is 12.2. The molecule has 1 aliphatic rings. The molecule has 1 aliphatic heterocycles. The van der Waals surface area contributed by atoms with Crippen LogP contribution >= 0.6 is 0 Å². The van der Waals surface area contributed by atoms with Crippen LogP contribution in [0.5, 0.6) is 0 Å². The Kier molecular flexibility index (Phi) is 5.33. The maximum Gasteiger partial charge on any atom is 0.323 e. The number of hydrogen-bond donors (Lipinski definition) is 2. The molecule has 25 heavy (non-hydrogen) atoms. The molecule has 0 saturated carbocycles. The maximum atomic E-state index is 12.2. The second kappa shape index (κ2) is 7.83. The number of hydrogen-bond acceptors (Lipinski definition) is 2. The van der Waals surface area contributed by atoms with Crippen molar-refractivity contribution in [3.05, 3.63) is 59.7 Å². The number of urea groups is 1. The van der Waals surface area contributed by atoms with E-state index in [9.17, 15) is 9.59 Å². The molecule has 2 aromatic carbocycles. The van der Waals surface area contributed by atoms with Crippen molar-refractivity contribution < 1.29 is 9.59 Å². The quantitative estimate of drug-likeness (QED) is 0.891. The summed E-state index contributed by atoms with van der Waals surface area (Å²) >= 11 is 0. The van der Waals surface area contributed by atoms with Gasteiger partial charge in [0.2, 0.25) is 5.91 Å². The van der Waals surface area contributed by atoms with E-state index in [0.717, 1.165) is 42.7 Å². The number of aryl methyl sites for hydroxylation is 1. The van der Waals surface area contributed by atoms with Gasteiger partial charge < -0.3 is 15.5 Å². The molecule has 1 saturated heterocycles. The minimum Gasteiger partial charge on any atom is -0.342 e. The van der Waals surface area contributed by atoms with Crippen LogP contribution in [0.4, 0.5) is 16.2 Å². The fourth-order valence-electron chi connectivity index (χ4n) is 2.96. The summed E-state index contributed by atoms with van der Waals surface area (Å²) in [5, 5.41) is 5.64. The van der Waals surface area contributed by atoms with Crippen molar-refractivity contribution in [1.29, 1.82) is 0 Å². The molecule has 3 amide bonds. The Morgan fingerprint density at radius 3 is 2.32 bits per heavy atom. The van der Waals surface area contributed by atoms with E-state index in [1.807, 2.05) is 60.4 Å². The lowest BCUT2D eigenvalue weighted by atomic mass is 10.1. The fraction of sp³-hybridized carbons (Fsp3) is 0.300. The number of nitrogens with one attached hydrogen (secondary N) is 2. The molecule has 1 fully saturated rings. The number of carbonyl (C=O) groups excluding carboxylic acids is 2. The normalized spacial score (nSPS) is 13.6. The van der Waals surface area contributed by atoms with Crippen LogP contribution in [0.2, 0.25) is 0 Å². The zero-order chi connectivity index (χ0) is 17.6. The molecule has 0 spiro atoms. The van der Waals surface area contributed by atoms with Gasteiger partial charge in [-0.2, -0.15) is 0 Å². The van der Waals surface area contributed by atoms with Gasteiger partial charge in [0.25, 0.3) is 0 Å². The zero-order valence-corrected chi connectivity index (χ0v) is 14.4. The number of anilines is 2. The topological polar surface area (TPSA) is 61.4 Å². The first-order valence-corrected chi connectivity index (χ1v) is 8.62. The molecular weight excluding hydrogens is 314 g/mol. The van der Waals surface area contributed by atoms with Crippen LogP contribution in [0.1, 0.15) is 24.0 Å². The molecule has 1 heterocycles. The molecule has 0 unspecified atom stereocenters. The fourth-order valence-corrected chi connectivity index (χ4v) is 2.96. The lowest BCUT2D eigenvalue weighted by Gasteiger charge is -2.15. The standard InChI is InChI=1S/C20H23N3O2/c1-15-6-2-3-7-18(15)22-20(25)21-17-10-8-16(9-11-17)14-19(24)23-12-4-5-13-23/h2-3,6-11H,4-5,12-14H2,1H3,(H2,21,22,25). The summed E-state index contributed by atoms with van der Waals surface area (Å²) in [5.41, 5.74) is 3.45. The van der Waals surface area contributed by atoms with Crippen LogP contribution in [-0.4, -0.2) is 29.9 Å². The first-order valence-electron chi connectivity index (χ1n) is 8.62. The Bertz CT molecular complexity index is 750. The number of rotatable bonds is 4. The molecule has 5 heteroatoms. The van der Waals surface area contributed by atoms with Crippen LogP contribution in [0.15, 0.2) is 48.5 Å². The molecule has 130 valence electrons. The summed E-state index contributed by atoms with van der Waals surface area (Å²) in [7, 11) is 0. The van der Waals surface area contributed by atoms with Gasteiger partial charge in [-0.15, -0.1) is 0 Å².